The Hall–Kier alpha value is -1.35. The molecule has 98 valence electrons. The first kappa shape index (κ1) is 15.7. The Labute approximate surface area is 96.4 Å². The van der Waals surface area contributed by atoms with E-state index in [0.717, 1.165) is 6.92 Å². The zero-order chi connectivity index (χ0) is 13.6. The van der Waals surface area contributed by atoms with E-state index in [1.807, 2.05) is 0 Å². The number of ketones is 1. The lowest BCUT2D eigenvalue weighted by molar-refractivity contribution is -0.161. The van der Waals surface area contributed by atoms with Crippen molar-refractivity contribution < 1.29 is 39.5 Å². The molecule has 0 saturated carbocycles. The average Bonchev–Trinajstić information content (AvgIpc) is 2.32. The maximum atomic E-state index is 10.7. The maximum Gasteiger partial charge on any atom is 0.374 e. The average molecular weight is 250 g/mol. The summed E-state index contributed by atoms with van der Waals surface area (Å²) < 4.78 is 4.27. The number of aliphatic hydroxyl groups is 4. The number of carbonyl (C=O) groups is 3. The predicted octanol–water partition coefficient (Wildman–Crippen LogP) is -3.24. The molecule has 0 aliphatic carbocycles. The summed E-state index contributed by atoms with van der Waals surface area (Å²) in [5.74, 6) is -2.10. The molecule has 0 saturated heterocycles. The minimum Gasteiger partial charge on any atom is -0.457 e. The van der Waals surface area contributed by atoms with Crippen molar-refractivity contribution in [3.63, 3.8) is 0 Å². The fraction of sp³-hybridized carbons (Fsp3) is 0.667. The molecule has 0 fully saturated rings. The number of carbonyl (C=O) groups excluding carboxylic acids is 3. The van der Waals surface area contributed by atoms with Crippen LogP contribution >= 0.6 is 0 Å². The minimum absolute atomic E-state index is 0.0256. The van der Waals surface area contributed by atoms with E-state index in [1.165, 1.54) is 0 Å². The van der Waals surface area contributed by atoms with Crippen molar-refractivity contribution in [2.45, 2.75) is 31.3 Å². The van der Waals surface area contributed by atoms with Crippen molar-refractivity contribution in [3.05, 3.63) is 0 Å². The van der Waals surface area contributed by atoms with E-state index >= 15 is 0 Å². The van der Waals surface area contributed by atoms with Gasteiger partial charge in [-0.3, -0.25) is 4.79 Å². The van der Waals surface area contributed by atoms with Gasteiger partial charge in [-0.2, -0.15) is 0 Å². The van der Waals surface area contributed by atoms with Crippen molar-refractivity contribution >= 4 is 18.0 Å². The van der Waals surface area contributed by atoms with Crippen LogP contribution in [0.2, 0.25) is 0 Å². The molecule has 8 nitrogen and oxygen atoms in total. The first-order valence-corrected chi connectivity index (χ1v) is 4.66. The molecule has 17 heavy (non-hydrogen) atoms. The van der Waals surface area contributed by atoms with Crippen LogP contribution in [0.15, 0.2) is 0 Å². The Kier molecular flexibility index (Phi) is 6.51. The Morgan fingerprint density at radius 3 is 2.12 bits per heavy atom. The molecule has 0 aromatic heterocycles. The molecule has 4 N–H and O–H groups in total. The third kappa shape index (κ3) is 5.00. The van der Waals surface area contributed by atoms with Gasteiger partial charge in [-0.25, -0.2) is 4.79 Å². The molecule has 0 aromatic carbocycles. The number of aliphatic hydroxyl groups excluding tert-OH is 4. The largest absolute Gasteiger partial charge is 0.457 e. The number of rotatable bonds is 7. The quantitative estimate of drug-likeness (QED) is 0.210. The highest BCUT2D eigenvalue weighted by atomic mass is 16.5. The standard InChI is InChI=1S/C9H14O8/c1-4(11)9(16)17-3-6(13)8(15)7(14)5(12)2-10/h2,5-8,12-15H,3H2,1H3/t5-,6+,7+,8+/m0/s1. The molecule has 0 heterocycles. The highest BCUT2D eigenvalue weighted by molar-refractivity contribution is 6.32. The lowest BCUT2D eigenvalue weighted by Gasteiger charge is -2.23. The van der Waals surface area contributed by atoms with Gasteiger partial charge in [-0.15, -0.1) is 0 Å². The number of Topliss-reactive ketones (excluding diaryl/α,β-unsaturated/α-hetero) is 1. The molecular formula is C9H14O8. The molecule has 0 unspecified atom stereocenters. The zero-order valence-electron chi connectivity index (χ0n) is 9.02. The van der Waals surface area contributed by atoms with Crippen molar-refractivity contribution in [2.75, 3.05) is 6.61 Å². The van der Waals surface area contributed by atoms with Crippen LogP contribution in [-0.4, -0.2) is 69.5 Å². The summed E-state index contributed by atoms with van der Waals surface area (Å²) in [5, 5.41) is 36.5. The van der Waals surface area contributed by atoms with Gasteiger partial charge in [0.25, 0.3) is 0 Å². The molecule has 0 amide bonds. The monoisotopic (exact) mass is 250 g/mol. The number of aldehydes is 1. The number of hydrogen-bond acceptors (Lipinski definition) is 8. The molecule has 0 spiro atoms. The summed E-state index contributed by atoms with van der Waals surface area (Å²) in [6.45, 7) is 0.207. The van der Waals surface area contributed by atoms with Crippen LogP contribution in [0.25, 0.3) is 0 Å². The van der Waals surface area contributed by atoms with E-state index in [-0.39, 0.29) is 6.29 Å². The zero-order valence-corrected chi connectivity index (χ0v) is 9.02. The fourth-order valence-electron chi connectivity index (χ4n) is 0.871. The number of hydrogen-bond donors (Lipinski definition) is 4. The lowest BCUT2D eigenvalue weighted by atomic mass is 10.0. The Bertz CT molecular complexity index is 289. The SMILES string of the molecule is CC(=O)C(=O)OC[C@@H](O)[C@@H](O)[C@H](O)[C@@H](O)C=O. The molecule has 4 atom stereocenters. The molecule has 8 heteroatoms. The normalized spacial score (nSPS) is 17.7. The molecule has 0 rings (SSSR count). The topological polar surface area (TPSA) is 141 Å². The minimum atomic E-state index is -1.92. The number of ether oxygens (including phenoxy) is 1. The van der Waals surface area contributed by atoms with Gasteiger partial charge in [0, 0.05) is 6.92 Å². The van der Waals surface area contributed by atoms with Crippen LogP contribution in [0.4, 0.5) is 0 Å². The van der Waals surface area contributed by atoms with Crippen molar-refractivity contribution in [1.82, 2.24) is 0 Å². The first-order valence-electron chi connectivity index (χ1n) is 4.66. The van der Waals surface area contributed by atoms with E-state index in [4.69, 9.17) is 10.2 Å². The second-order valence-corrected chi connectivity index (χ2v) is 3.33. The van der Waals surface area contributed by atoms with Gasteiger partial charge in [-0.05, 0) is 0 Å². The third-order valence-corrected chi connectivity index (χ3v) is 1.91. The second-order valence-electron chi connectivity index (χ2n) is 3.33. The van der Waals surface area contributed by atoms with Gasteiger partial charge in [-0.1, -0.05) is 0 Å². The molecule has 0 bridgehead atoms. The van der Waals surface area contributed by atoms with E-state index in [0.29, 0.717) is 0 Å². The van der Waals surface area contributed by atoms with Crippen molar-refractivity contribution in [1.29, 1.82) is 0 Å². The molecule has 0 radical (unpaired) electrons. The second kappa shape index (κ2) is 7.07. The Balaban J connectivity index is 4.22. The summed E-state index contributed by atoms with van der Waals surface area (Å²) in [6.07, 6.45) is -7.44. The molecule has 0 aromatic rings. The Morgan fingerprint density at radius 1 is 1.18 bits per heavy atom. The summed E-state index contributed by atoms with van der Waals surface area (Å²) in [6, 6.07) is 0. The van der Waals surface area contributed by atoms with Crippen LogP contribution in [-0.2, 0) is 19.1 Å². The van der Waals surface area contributed by atoms with Gasteiger partial charge < -0.3 is 30.0 Å². The van der Waals surface area contributed by atoms with E-state index in [1.54, 1.807) is 0 Å². The van der Waals surface area contributed by atoms with Crippen LogP contribution < -0.4 is 0 Å². The van der Waals surface area contributed by atoms with Crippen LogP contribution in [0.5, 0.6) is 0 Å². The smallest absolute Gasteiger partial charge is 0.374 e. The molecular weight excluding hydrogens is 236 g/mol. The van der Waals surface area contributed by atoms with Gasteiger partial charge >= 0.3 is 5.97 Å². The van der Waals surface area contributed by atoms with E-state index in [2.05, 4.69) is 4.74 Å². The molecule has 0 aliphatic rings. The summed E-state index contributed by atoms with van der Waals surface area (Å²) in [7, 11) is 0. The fourth-order valence-corrected chi connectivity index (χ4v) is 0.871. The predicted molar refractivity (Wildman–Crippen MR) is 51.7 cm³/mol. The van der Waals surface area contributed by atoms with Crippen molar-refractivity contribution in [2.24, 2.45) is 0 Å². The van der Waals surface area contributed by atoms with E-state index in [9.17, 15) is 24.6 Å². The van der Waals surface area contributed by atoms with Gasteiger partial charge in [0.1, 0.15) is 31.0 Å². The number of esters is 1. The van der Waals surface area contributed by atoms with Crippen molar-refractivity contribution in [3.8, 4) is 0 Å². The van der Waals surface area contributed by atoms with E-state index < -0.39 is 42.8 Å². The third-order valence-electron chi connectivity index (χ3n) is 1.91. The van der Waals surface area contributed by atoms with Gasteiger partial charge in [0.15, 0.2) is 6.29 Å². The first-order chi connectivity index (χ1) is 7.81. The highest BCUT2D eigenvalue weighted by Crippen LogP contribution is 2.04. The van der Waals surface area contributed by atoms with Gasteiger partial charge in [0.2, 0.25) is 5.78 Å². The van der Waals surface area contributed by atoms with Crippen LogP contribution in [0.1, 0.15) is 6.92 Å². The Morgan fingerprint density at radius 2 is 1.71 bits per heavy atom. The van der Waals surface area contributed by atoms with Crippen LogP contribution in [0.3, 0.4) is 0 Å². The molecule has 0 aliphatic heterocycles. The van der Waals surface area contributed by atoms with Crippen LogP contribution in [0, 0.1) is 0 Å². The maximum absolute atomic E-state index is 10.7. The summed E-state index contributed by atoms with van der Waals surface area (Å²) >= 11 is 0. The lowest BCUT2D eigenvalue weighted by Crippen LogP contribution is -2.47. The van der Waals surface area contributed by atoms with Gasteiger partial charge in [0.05, 0.1) is 0 Å². The highest BCUT2D eigenvalue weighted by Gasteiger charge is 2.31. The summed E-state index contributed by atoms with van der Waals surface area (Å²) in [5.41, 5.74) is 0. The summed E-state index contributed by atoms with van der Waals surface area (Å²) in [4.78, 5) is 31.3.